The number of hydrogen-bond donors (Lipinski definition) is 2. The van der Waals surface area contributed by atoms with Crippen LogP contribution in [0.2, 0.25) is 0 Å². The first-order valence-electron chi connectivity index (χ1n) is 2.19. The molecule has 0 aromatic heterocycles. The van der Waals surface area contributed by atoms with Gasteiger partial charge in [0.25, 0.3) is 0 Å². The second-order valence-electron chi connectivity index (χ2n) is 1.42. The number of rotatable bonds is 0. The van der Waals surface area contributed by atoms with E-state index in [-0.39, 0.29) is 0 Å². The minimum atomic E-state index is 0.831. The highest BCUT2D eigenvalue weighted by Crippen LogP contribution is 2.09. The van der Waals surface area contributed by atoms with E-state index in [1.807, 2.05) is 18.2 Å². The van der Waals surface area contributed by atoms with Crippen LogP contribution < -0.4 is 0 Å². The Hall–Kier alpha value is -0.0800. The highest BCUT2D eigenvalue weighted by atomic mass is 32.1. The first-order chi connectivity index (χ1) is 3.79. The molecule has 0 fully saturated rings. The maximum atomic E-state index is 4.05. The van der Waals surface area contributed by atoms with Gasteiger partial charge in [0, 0.05) is 15.9 Å². The van der Waals surface area contributed by atoms with E-state index in [0.29, 0.717) is 0 Å². The van der Waals surface area contributed by atoms with Crippen molar-refractivity contribution in [3.05, 3.63) is 24.3 Å². The summed E-state index contributed by atoms with van der Waals surface area (Å²) < 4.78 is 0. The average Bonchev–Trinajstić information content (AvgIpc) is 1.64. The molecule has 1 rings (SSSR count). The van der Waals surface area contributed by atoms with Gasteiger partial charge in [0.1, 0.15) is 0 Å². The van der Waals surface area contributed by atoms with E-state index in [9.17, 15) is 0 Å². The van der Waals surface area contributed by atoms with Crippen molar-refractivity contribution in [3.8, 4) is 0 Å². The van der Waals surface area contributed by atoms with Crippen LogP contribution in [0, 0.1) is 6.07 Å². The van der Waals surface area contributed by atoms with E-state index in [1.54, 1.807) is 0 Å². The van der Waals surface area contributed by atoms with Crippen LogP contribution in [-0.2, 0) is 0 Å². The Bertz CT molecular complexity index is 166. The molecule has 0 saturated carbocycles. The zero-order chi connectivity index (χ0) is 5.98. The van der Waals surface area contributed by atoms with Gasteiger partial charge in [0.2, 0.25) is 0 Å². The van der Waals surface area contributed by atoms with Crippen LogP contribution in [0.15, 0.2) is 28.0 Å². The molecule has 0 aliphatic rings. The van der Waals surface area contributed by atoms with E-state index < -0.39 is 0 Å². The summed E-state index contributed by atoms with van der Waals surface area (Å²) in [5, 5.41) is 0. The van der Waals surface area contributed by atoms with Crippen LogP contribution in [0.1, 0.15) is 0 Å². The minimum Gasteiger partial charge on any atom is -0.143 e. The minimum absolute atomic E-state index is 0.831. The van der Waals surface area contributed by atoms with Gasteiger partial charge in [0.15, 0.2) is 0 Å². The van der Waals surface area contributed by atoms with Gasteiger partial charge >= 0.3 is 0 Å². The topological polar surface area (TPSA) is 0 Å². The lowest BCUT2D eigenvalue weighted by Gasteiger charge is -1.88. The molecule has 0 amide bonds. The van der Waals surface area contributed by atoms with Gasteiger partial charge in [-0.3, -0.25) is 0 Å². The Labute approximate surface area is 59.7 Å². The molecule has 0 saturated heterocycles. The van der Waals surface area contributed by atoms with Gasteiger partial charge in [-0.15, -0.1) is 25.3 Å². The molecule has 0 aliphatic heterocycles. The number of thiol groups is 2. The summed E-state index contributed by atoms with van der Waals surface area (Å²) in [6.45, 7) is 0. The third-order valence-corrected chi connectivity index (χ3v) is 1.29. The maximum Gasteiger partial charge on any atom is 0.0131 e. The normalized spacial score (nSPS) is 9.25. The number of hydrogen-bond acceptors (Lipinski definition) is 2. The quantitative estimate of drug-likeness (QED) is 0.508. The second-order valence-corrected chi connectivity index (χ2v) is 2.38. The lowest BCUT2D eigenvalue weighted by atomic mass is 10.4. The Morgan fingerprint density at radius 2 is 1.62 bits per heavy atom. The van der Waals surface area contributed by atoms with E-state index >= 15 is 0 Å². The molecule has 1 aromatic rings. The van der Waals surface area contributed by atoms with Gasteiger partial charge in [-0.2, -0.15) is 0 Å². The second kappa shape index (κ2) is 2.46. The molecule has 0 aliphatic carbocycles. The van der Waals surface area contributed by atoms with Crippen LogP contribution in [0.25, 0.3) is 0 Å². The van der Waals surface area contributed by atoms with E-state index in [0.717, 1.165) is 9.79 Å². The Morgan fingerprint density at radius 1 is 1.12 bits per heavy atom. The fourth-order valence-corrected chi connectivity index (χ4v) is 0.946. The third-order valence-electron chi connectivity index (χ3n) is 0.764. The fraction of sp³-hybridized carbons (Fsp3) is 0. The number of benzene rings is 1. The molecular weight excluding hydrogens is 136 g/mol. The summed E-state index contributed by atoms with van der Waals surface area (Å²) in [5.74, 6) is 0. The van der Waals surface area contributed by atoms with Crippen molar-refractivity contribution >= 4 is 25.3 Å². The van der Waals surface area contributed by atoms with Crippen LogP contribution in [0.3, 0.4) is 0 Å². The molecule has 0 unspecified atom stereocenters. The molecule has 0 bridgehead atoms. The molecule has 0 atom stereocenters. The molecule has 0 nitrogen and oxygen atoms in total. The fourth-order valence-electron chi connectivity index (χ4n) is 0.445. The van der Waals surface area contributed by atoms with E-state index in [2.05, 4.69) is 31.3 Å². The van der Waals surface area contributed by atoms with Crippen molar-refractivity contribution in [2.75, 3.05) is 0 Å². The van der Waals surface area contributed by atoms with Gasteiger partial charge in [-0.05, 0) is 12.1 Å². The molecule has 8 heavy (non-hydrogen) atoms. The molecule has 2 heteroatoms. The van der Waals surface area contributed by atoms with Crippen molar-refractivity contribution in [3.63, 3.8) is 0 Å². The van der Waals surface area contributed by atoms with Crippen LogP contribution in [-0.4, -0.2) is 0 Å². The van der Waals surface area contributed by atoms with Gasteiger partial charge < -0.3 is 0 Å². The summed E-state index contributed by atoms with van der Waals surface area (Å²) in [4.78, 5) is 1.66. The molecule has 0 N–H and O–H groups in total. The summed E-state index contributed by atoms with van der Waals surface area (Å²) >= 11 is 8.10. The summed E-state index contributed by atoms with van der Waals surface area (Å²) in [6, 6.07) is 8.52. The average molecular weight is 141 g/mol. The van der Waals surface area contributed by atoms with Gasteiger partial charge in [-0.25, -0.2) is 0 Å². The van der Waals surface area contributed by atoms with E-state index in [4.69, 9.17) is 0 Å². The smallest absolute Gasteiger partial charge is 0.0131 e. The highest BCUT2D eigenvalue weighted by Gasteiger charge is 1.83. The summed E-state index contributed by atoms with van der Waals surface area (Å²) in [7, 11) is 0. The monoisotopic (exact) mass is 141 g/mol. The van der Waals surface area contributed by atoms with E-state index in [1.165, 1.54) is 0 Å². The van der Waals surface area contributed by atoms with Crippen molar-refractivity contribution in [2.45, 2.75) is 9.79 Å². The molecule has 0 heterocycles. The molecular formula is C6H5S2. The Balaban J connectivity index is 3.08. The highest BCUT2D eigenvalue weighted by molar-refractivity contribution is 7.81. The van der Waals surface area contributed by atoms with Crippen LogP contribution >= 0.6 is 25.3 Å². The summed E-state index contributed by atoms with van der Waals surface area (Å²) in [6.07, 6.45) is 0. The standard InChI is InChI=1S/C6H5S2/c7-5-2-1-3-6(8)4-5/h1-3,7-8H. The summed E-state index contributed by atoms with van der Waals surface area (Å²) in [5.41, 5.74) is 0. The van der Waals surface area contributed by atoms with Crippen molar-refractivity contribution in [2.24, 2.45) is 0 Å². The van der Waals surface area contributed by atoms with Gasteiger partial charge in [-0.1, -0.05) is 6.07 Å². The lowest BCUT2D eigenvalue weighted by molar-refractivity contribution is 1.33. The van der Waals surface area contributed by atoms with Crippen LogP contribution in [0.4, 0.5) is 0 Å². The maximum absolute atomic E-state index is 4.05. The molecule has 0 spiro atoms. The first-order valence-corrected chi connectivity index (χ1v) is 3.09. The van der Waals surface area contributed by atoms with Crippen molar-refractivity contribution < 1.29 is 0 Å². The van der Waals surface area contributed by atoms with Crippen LogP contribution in [0.5, 0.6) is 0 Å². The SMILES string of the molecule is Sc1[c]c(S)ccc1. The molecule has 1 aromatic carbocycles. The Kier molecular flexibility index (Phi) is 1.86. The predicted octanol–water partition coefficient (Wildman–Crippen LogP) is 2.06. The van der Waals surface area contributed by atoms with Crippen molar-refractivity contribution in [1.29, 1.82) is 0 Å². The third kappa shape index (κ3) is 1.46. The zero-order valence-electron chi connectivity index (χ0n) is 4.13. The zero-order valence-corrected chi connectivity index (χ0v) is 5.92. The lowest BCUT2D eigenvalue weighted by Crippen LogP contribution is -1.64. The van der Waals surface area contributed by atoms with Crippen molar-refractivity contribution in [1.82, 2.24) is 0 Å². The largest absolute Gasteiger partial charge is 0.143 e. The molecule has 1 radical (unpaired) electrons. The molecule has 41 valence electrons. The predicted molar refractivity (Wildman–Crippen MR) is 39.8 cm³/mol. The van der Waals surface area contributed by atoms with Gasteiger partial charge in [0.05, 0.1) is 0 Å². The first kappa shape index (κ1) is 6.05. The Morgan fingerprint density at radius 3 is 1.88 bits per heavy atom.